The van der Waals surface area contributed by atoms with Crippen molar-refractivity contribution in [3.05, 3.63) is 30.1 Å². The topological polar surface area (TPSA) is 29.9 Å². The van der Waals surface area contributed by atoms with Crippen molar-refractivity contribution < 1.29 is 0 Å². The van der Waals surface area contributed by atoms with E-state index in [4.69, 9.17) is 0 Å². The van der Waals surface area contributed by atoms with Crippen LogP contribution >= 0.6 is 0 Å². The third kappa shape index (κ3) is 2.70. The second-order valence-electron chi connectivity index (χ2n) is 3.34. The summed E-state index contributed by atoms with van der Waals surface area (Å²) in [5.74, 6) is 0. The van der Waals surface area contributed by atoms with Crippen LogP contribution in [0.25, 0.3) is 0 Å². The molecule has 0 saturated carbocycles. The molecule has 1 N–H and O–H groups in total. The summed E-state index contributed by atoms with van der Waals surface area (Å²) < 4.78 is 1.92. The van der Waals surface area contributed by atoms with Crippen molar-refractivity contribution in [2.24, 2.45) is 7.05 Å². The molecule has 0 fully saturated rings. The van der Waals surface area contributed by atoms with Gasteiger partial charge in [-0.15, -0.1) is 0 Å². The van der Waals surface area contributed by atoms with Gasteiger partial charge in [-0.3, -0.25) is 4.68 Å². The highest BCUT2D eigenvalue weighted by Crippen LogP contribution is 2.15. The third-order valence-corrected chi connectivity index (χ3v) is 2.34. The Labute approximate surface area is 85.8 Å². The van der Waals surface area contributed by atoms with E-state index in [-0.39, 0.29) is 0 Å². The van der Waals surface area contributed by atoms with Crippen LogP contribution in [0.3, 0.4) is 0 Å². The molecule has 1 atom stereocenters. The zero-order valence-corrected chi connectivity index (χ0v) is 9.20. The predicted molar refractivity (Wildman–Crippen MR) is 59.1 cm³/mol. The first-order valence-corrected chi connectivity index (χ1v) is 5.09. The zero-order chi connectivity index (χ0) is 10.4. The number of aromatic nitrogens is 2. The van der Waals surface area contributed by atoms with E-state index in [1.165, 1.54) is 5.69 Å². The monoisotopic (exact) mass is 193 g/mol. The first-order chi connectivity index (χ1) is 6.79. The molecule has 0 aromatic carbocycles. The van der Waals surface area contributed by atoms with Crippen molar-refractivity contribution in [1.82, 2.24) is 15.1 Å². The molecule has 0 aliphatic heterocycles. The molecule has 1 rings (SSSR count). The van der Waals surface area contributed by atoms with Crippen molar-refractivity contribution >= 4 is 0 Å². The number of nitrogens with zero attached hydrogens (tertiary/aromatic N) is 2. The van der Waals surface area contributed by atoms with Gasteiger partial charge in [-0.1, -0.05) is 19.1 Å². The van der Waals surface area contributed by atoms with Crippen LogP contribution in [-0.4, -0.2) is 16.8 Å². The van der Waals surface area contributed by atoms with Crippen LogP contribution in [0.1, 0.15) is 31.5 Å². The van der Waals surface area contributed by atoms with Crippen molar-refractivity contribution in [2.75, 3.05) is 7.05 Å². The van der Waals surface area contributed by atoms with E-state index in [1.54, 1.807) is 0 Å². The Morgan fingerprint density at radius 1 is 1.57 bits per heavy atom. The summed E-state index contributed by atoms with van der Waals surface area (Å²) in [6.45, 7) is 2.15. The lowest BCUT2D eigenvalue weighted by Crippen LogP contribution is -2.18. The number of allylic oxidation sites excluding steroid dienone is 1. The first-order valence-electron chi connectivity index (χ1n) is 5.09. The standard InChI is InChI=1S/C11H19N3/c1-4-5-6-7-10(12-2)11-8-9-13-14(11)3/h5-6,8-10,12H,4,7H2,1-3H3/b6-5+. The molecule has 1 aromatic rings. The van der Waals surface area contributed by atoms with E-state index in [0.717, 1.165) is 12.8 Å². The number of rotatable bonds is 5. The molecule has 1 aromatic heterocycles. The van der Waals surface area contributed by atoms with Crippen LogP contribution in [0.15, 0.2) is 24.4 Å². The quantitative estimate of drug-likeness (QED) is 0.725. The van der Waals surface area contributed by atoms with Gasteiger partial charge >= 0.3 is 0 Å². The Kier molecular flexibility index (Phi) is 4.40. The molecule has 1 heterocycles. The average Bonchev–Trinajstić information content (AvgIpc) is 2.60. The molecular weight excluding hydrogens is 174 g/mol. The number of aryl methyl sites for hydroxylation is 1. The zero-order valence-electron chi connectivity index (χ0n) is 9.20. The lowest BCUT2D eigenvalue weighted by molar-refractivity contribution is 0.545. The smallest absolute Gasteiger partial charge is 0.0553 e. The number of hydrogen-bond donors (Lipinski definition) is 1. The number of hydrogen-bond acceptors (Lipinski definition) is 2. The molecule has 0 bridgehead atoms. The molecule has 78 valence electrons. The van der Waals surface area contributed by atoms with E-state index >= 15 is 0 Å². The van der Waals surface area contributed by atoms with E-state index in [9.17, 15) is 0 Å². The molecule has 3 nitrogen and oxygen atoms in total. The molecule has 0 spiro atoms. The molecule has 3 heteroatoms. The predicted octanol–water partition coefficient (Wildman–Crippen LogP) is 2.04. The Hall–Kier alpha value is -1.09. The second-order valence-corrected chi connectivity index (χ2v) is 3.34. The minimum absolute atomic E-state index is 0.366. The van der Waals surface area contributed by atoms with Gasteiger partial charge in [-0.25, -0.2) is 0 Å². The van der Waals surface area contributed by atoms with Gasteiger partial charge in [0.1, 0.15) is 0 Å². The maximum atomic E-state index is 4.17. The van der Waals surface area contributed by atoms with E-state index < -0.39 is 0 Å². The summed E-state index contributed by atoms with van der Waals surface area (Å²) in [7, 11) is 3.96. The summed E-state index contributed by atoms with van der Waals surface area (Å²) in [4.78, 5) is 0. The minimum Gasteiger partial charge on any atom is -0.311 e. The Morgan fingerprint density at radius 2 is 2.36 bits per heavy atom. The molecule has 0 amide bonds. The fraction of sp³-hybridized carbons (Fsp3) is 0.545. The van der Waals surface area contributed by atoms with Crippen LogP contribution < -0.4 is 5.32 Å². The highest BCUT2D eigenvalue weighted by molar-refractivity contribution is 5.08. The van der Waals surface area contributed by atoms with Gasteiger partial charge in [0.05, 0.1) is 11.7 Å². The Morgan fingerprint density at radius 3 is 2.86 bits per heavy atom. The molecular formula is C11H19N3. The highest BCUT2D eigenvalue weighted by Gasteiger charge is 2.10. The molecule has 0 aliphatic rings. The third-order valence-electron chi connectivity index (χ3n) is 2.34. The molecule has 0 saturated heterocycles. The molecule has 1 unspecified atom stereocenters. The normalized spacial score (nSPS) is 13.6. The van der Waals surface area contributed by atoms with Crippen molar-refractivity contribution in [1.29, 1.82) is 0 Å². The van der Waals surface area contributed by atoms with Crippen LogP contribution in [0.5, 0.6) is 0 Å². The van der Waals surface area contributed by atoms with Gasteiger partial charge in [-0.05, 0) is 26.0 Å². The first kappa shape index (κ1) is 11.0. The van der Waals surface area contributed by atoms with Gasteiger partial charge in [-0.2, -0.15) is 5.10 Å². The summed E-state index contributed by atoms with van der Waals surface area (Å²) in [6.07, 6.45) is 8.36. The van der Waals surface area contributed by atoms with Crippen molar-refractivity contribution in [3.8, 4) is 0 Å². The van der Waals surface area contributed by atoms with Crippen molar-refractivity contribution in [3.63, 3.8) is 0 Å². The van der Waals surface area contributed by atoms with Gasteiger partial charge in [0, 0.05) is 13.2 Å². The summed E-state index contributed by atoms with van der Waals surface area (Å²) in [6, 6.07) is 2.42. The van der Waals surface area contributed by atoms with E-state index in [2.05, 4.69) is 35.6 Å². The maximum absolute atomic E-state index is 4.17. The SMILES string of the molecule is CC/C=C/CC(NC)c1ccnn1C. The summed E-state index contributed by atoms with van der Waals surface area (Å²) in [5.41, 5.74) is 1.23. The lowest BCUT2D eigenvalue weighted by atomic mass is 10.1. The fourth-order valence-corrected chi connectivity index (χ4v) is 1.51. The minimum atomic E-state index is 0.366. The fourth-order valence-electron chi connectivity index (χ4n) is 1.51. The van der Waals surface area contributed by atoms with Gasteiger partial charge < -0.3 is 5.32 Å². The summed E-state index contributed by atoms with van der Waals surface area (Å²) >= 11 is 0. The molecule has 0 aliphatic carbocycles. The molecule has 14 heavy (non-hydrogen) atoms. The lowest BCUT2D eigenvalue weighted by Gasteiger charge is -2.14. The van der Waals surface area contributed by atoms with Gasteiger partial charge in [0.2, 0.25) is 0 Å². The maximum Gasteiger partial charge on any atom is 0.0553 e. The van der Waals surface area contributed by atoms with Crippen LogP contribution in [0, 0.1) is 0 Å². The van der Waals surface area contributed by atoms with Crippen molar-refractivity contribution in [2.45, 2.75) is 25.8 Å². The van der Waals surface area contributed by atoms with Crippen LogP contribution in [0.4, 0.5) is 0 Å². The van der Waals surface area contributed by atoms with E-state index in [1.807, 2.05) is 25.0 Å². The number of nitrogens with one attached hydrogen (secondary N) is 1. The Balaban J connectivity index is 2.63. The van der Waals surface area contributed by atoms with Gasteiger partial charge in [0.15, 0.2) is 0 Å². The van der Waals surface area contributed by atoms with Gasteiger partial charge in [0.25, 0.3) is 0 Å². The summed E-state index contributed by atoms with van der Waals surface area (Å²) in [5, 5.41) is 7.46. The van der Waals surface area contributed by atoms with Crippen LogP contribution in [-0.2, 0) is 7.05 Å². The highest BCUT2D eigenvalue weighted by atomic mass is 15.3. The largest absolute Gasteiger partial charge is 0.311 e. The average molecular weight is 193 g/mol. The Bertz CT molecular complexity index is 288. The molecule has 0 radical (unpaired) electrons. The van der Waals surface area contributed by atoms with E-state index in [0.29, 0.717) is 6.04 Å². The second kappa shape index (κ2) is 5.60. The van der Waals surface area contributed by atoms with Crippen LogP contribution in [0.2, 0.25) is 0 Å².